The lowest BCUT2D eigenvalue weighted by atomic mass is 10.1. The average Bonchev–Trinajstić information content (AvgIpc) is 2.95. The Bertz CT molecular complexity index is 859. The van der Waals surface area contributed by atoms with Crippen LogP contribution in [0.15, 0.2) is 29.2 Å². The van der Waals surface area contributed by atoms with Crippen LogP contribution in [-0.4, -0.2) is 42.9 Å². The monoisotopic (exact) mass is 370 g/mol. The molecule has 0 saturated heterocycles. The first-order valence-corrected chi connectivity index (χ1v) is 9.03. The van der Waals surface area contributed by atoms with Gasteiger partial charge < -0.3 is 5.32 Å². The van der Waals surface area contributed by atoms with E-state index >= 15 is 0 Å². The van der Waals surface area contributed by atoms with Crippen LogP contribution in [0.25, 0.3) is 0 Å². The number of rotatable bonds is 5. The molecular formula is C15H19ClN4O3S. The summed E-state index contributed by atoms with van der Waals surface area (Å²) in [7, 11) is -0.822. The molecule has 1 heterocycles. The molecule has 0 bridgehead atoms. The molecule has 0 unspecified atom stereocenters. The zero-order valence-corrected chi connectivity index (χ0v) is 15.4. The number of benzene rings is 1. The van der Waals surface area contributed by atoms with Gasteiger partial charge in [0, 0.05) is 25.9 Å². The molecule has 1 aromatic carbocycles. The van der Waals surface area contributed by atoms with Crippen molar-refractivity contribution in [1.29, 1.82) is 0 Å². The van der Waals surface area contributed by atoms with Gasteiger partial charge >= 0.3 is 0 Å². The van der Waals surface area contributed by atoms with E-state index < -0.39 is 15.9 Å². The standard InChI is InChI=1S/C15H19ClN4O3S/c1-9(2)13-8-14(19-18-13)17-15(21)11-7-10(5-6-12(11)16)24(22,23)20(3)4/h5-9H,1-4H3,(H2,17,18,19,21). The molecule has 0 atom stereocenters. The van der Waals surface area contributed by atoms with Crippen LogP contribution in [0.5, 0.6) is 0 Å². The van der Waals surface area contributed by atoms with Crippen LogP contribution in [0.2, 0.25) is 5.02 Å². The number of sulfonamides is 1. The van der Waals surface area contributed by atoms with E-state index in [2.05, 4.69) is 15.5 Å². The summed E-state index contributed by atoms with van der Waals surface area (Å²) >= 11 is 6.05. The van der Waals surface area contributed by atoms with Gasteiger partial charge in [-0.15, -0.1) is 0 Å². The third-order valence-corrected chi connectivity index (χ3v) is 5.56. The van der Waals surface area contributed by atoms with Gasteiger partial charge in [-0.25, -0.2) is 12.7 Å². The average molecular weight is 371 g/mol. The van der Waals surface area contributed by atoms with Crippen LogP contribution in [0.3, 0.4) is 0 Å². The SMILES string of the molecule is CC(C)c1cc(NC(=O)c2cc(S(=O)(=O)N(C)C)ccc2Cl)n[nH]1. The maximum absolute atomic E-state index is 12.4. The Morgan fingerprint density at radius 3 is 2.50 bits per heavy atom. The first-order chi connectivity index (χ1) is 11.1. The van der Waals surface area contributed by atoms with Crippen molar-refractivity contribution in [1.82, 2.24) is 14.5 Å². The van der Waals surface area contributed by atoms with Crippen LogP contribution in [0.4, 0.5) is 5.82 Å². The number of hydrogen-bond acceptors (Lipinski definition) is 4. The van der Waals surface area contributed by atoms with E-state index in [1.807, 2.05) is 13.8 Å². The molecule has 0 aliphatic heterocycles. The summed E-state index contributed by atoms with van der Waals surface area (Å²) in [5.74, 6) is 0.0542. The molecule has 2 N–H and O–H groups in total. The van der Waals surface area contributed by atoms with Gasteiger partial charge in [-0.1, -0.05) is 25.4 Å². The zero-order valence-electron chi connectivity index (χ0n) is 13.8. The van der Waals surface area contributed by atoms with Gasteiger partial charge in [-0.3, -0.25) is 9.89 Å². The fourth-order valence-electron chi connectivity index (χ4n) is 1.93. The molecule has 2 rings (SSSR count). The topological polar surface area (TPSA) is 95.2 Å². The molecule has 1 aromatic heterocycles. The molecular weight excluding hydrogens is 352 g/mol. The van der Waals surface area contributed by atoms with Crippen LogP contribution >= 0.6 is 11.6 Å². The predicted molar refractivity (Wildman–Crippen MR) is 93.0 cm³/mol. The fraction of sp³-hybridized carbons (Fsp3) is 0.333. The Balaban J connectivity index is 2.32. The molecule has 130 valence electrons. The van der Waals surface area contributed by atoms with Crippen molar-refractivity contribution in [3.05, 3.63) is 40.5 Å². The third kappa shape index (κ3) is 3.77. The zero-order chi connectivity index (χ0) is 18.1. The van der Waals surface area contributed by atoms with Gasteiger partial charge in [0.1, 0.15) is 0 Å². The van der Waals surface area contributed by atoms with Crippen molar-refractivity contribution in [3.8, 4) is 0 Å². The normalized spacial score (nSPS) is 12.0. The Morgan fingerprint density at radius 2 is 1.96 bits per heavy atom. The smallest absolute Gasteiger partial charge is 0.258 e. The maximum atomic E-state index is 12.4. The second kappa shape index (κ2) is 6.92. The van der Waals surface area contributed by atoms with E-state index in [0.717, 1.165) is 10.00 Å². The first kappa shape index (κ1) is 18.4. The van der Waals surface area contributed by atoms with Crippen LogP contribution in [0, 0.1) is 0 Å². The summed E-state index contributed by atoms with van der Waals surface area (Å²) in [4.78, 5) is 12.4. The van der Waals surface area contributed by atoms with Crippen LogP contribution in [0.1, 0.15) is 35.8 Å². The highest BCUT2D eigenvalue weighted by atomic mass is 35.5. The minimum absolute atomic E-state index is 0.00746. The maximum Gasteiger partial charge on any atom is 0.258 e. The van der Waals surface area contributed by atoms with Gasteiger partial charge in [-0.2, -0.15) is 5.10 Å². The Hall–Kier alpha value is -1.90. The number of hydrogen-bond donors (Lipinski definition) is 2. The fourth-order valence-corrected chi connectivity index (χ4v) is 3.06. The number of H-pyrrole nitrogens is 1. The second-order valence-electron chi connectivity index (χ2n) is 5.75. The van der Waals surface area contributed by atoms with Gasteiger partial charge in [0.15, 0.2) is 5.82 Å². The molecule has 0 saturated carbocycles. The van der Waals surface area contributed by atoms with Crippen molar-refractivity contribution < 1.29 is 13.2 Å². The number of nitrogens with zero attached hydrogens (tertiary/aromatic N) is 2. The molecule has 7 nitrogen and oxygen atoms in total. The van der Waals surface area contributed by atoms with E-state index in [9.17, 15) is 13.2 Å². The molecule has 0 spiro atoms. The van der Waals surface area contributed by atoms with E-state index in [0.29, 0.717) is 5.82 Å². The highest BCUT2D eigenvalue weighted by Crippen LogP contribution is 2.23. The molecule has 0 aliphatic carbocycles. The highest BCUT2D eigenvalue weighted by molar-refractivity contribution is 7.89. The molecule has 2 aromatic rings. The van der Waals surface area contributed by atoms with E-state index in [-0.39, 0.29) is 21.4 Å². The number of amides is 1. The Kier molecular flexibility index (Phi) is 5.32. The largest absolute Gasteiger partial charge is 0.305 e. The summed E-state index contributed by atoms with van der Waals surface area (Å²) in [5.41, 5.74) is 0.939. The Morgan fingerprint density at radius 1 is 1.29 bits per heavy atom. The number of aromatic amines is 1. The molecule has 0 aliphatic rings. The van der Waals surface area contributed by atoms with Gasteiger partial charge in [0.2, 0.25) is 10.0 Å². The summed E-state index contributed by atoms with van der Waals surface area (Å²) in [6, 6.07) is 5.72. The van der Waals surface area contributed by atoms with Crippen molar-refractivity contribution in [2.75, 3.05) is 19.4 Å². The Labute approximate surface area is 146 Å². The molecule has 0 fully saturated rings. The third-order valence-electron chi connectivity index (χ3n) is 3.42. The van der Waals surface area contributed by atoms with E-state index in [1.165, 1.54) is 32.3 Å². The molecule has 1 amide bonds. The molecule has 0 radical (unpaired) electrons. The lowest BCUT2D eigenvalue weighted by Crippen LogP contribution is -2.23. The number of nitrogens with one attached hydrogen (secondary N) is 2. The van der Waals surface area contributed by atoms with E-state index in [1.54, 1.807) is 6.07 Å². The van der Waals surface area contributed by atoms with Crippen molar-refractivity contribution in [2.24, 2.45) is 0 Å². The first-order valence-electron chi connectivity index (χ1n) is 7.21. The van der Waals surface area contributed by atoms with Crippen LogP contribution < -0.4 is 5.32 Å². The molecule has 9 heteroatoms. The number of anilines is 1. The predicted octanol–water partition coefficient (Wildman–Crippen LogP) is 2.69. The number of carbonyl (C=O) groups is 1. The summed E-state index contributed by atoms with van der Waals surface area (Å²) in [6.07, 6.45) is 0. The van der Waals surface area contributed by atoms with Gasteiger partial charge in [0.25, 0.3) is 5.91 Å². The van der Waals surface area contributed by atoms with Crippen LogP contribution in [-0.2, 0) is 10.0 Å². The summed E-state index contributed by atoms with van der Waals surface area (Å²) in [6.45, 7) is 3.98. The lowest BCUT2D eigenvalue weighted by molar-refractivity contribution is 0.102. The number of aromatic nitrogens is 2. The number of carbonyl (C=O) groups excluding carboxylic acids is 1. The molecule has 24 heavy (non-hydrogen) atoms. The minimum Gasteiger partial charge on any atom is -0.305 e. The van der Waals surface area contributed by atoms with Crippen molar-refractivity contribution in [3.63, 3.8) is 0 Å². The highest BCUT2D eigenvalue weighted by Gasteiger charge is 2.21. The van der Waals surface area contributed by atoms with Gasteiger partial charge in [0.05, 0.1) is 15.5 Å². The van der Waals surface area contributed by atoms with Crippen molar-refractivity contribution >= 4 is 33.3 Å². The summed E-state index contributed by atoms with van der Waals surface area (Å²) < 4.78 is 25.4. The number of halogens is 1. The van der Waals surface area contributed by atoms with Gasteiger partial charge in [-0.05, 0) is 24.1 Å². The van der Waals surface area contributed by atoms with E-state index in [4.69, 9.17) is 11.6 Å². The second-order valence-corrected chi connectivity index (χ2v) is 8.31. The summed E-state index contributed by atoms with van der Waals surface area (Å²) in [5, 5.41) is 9.60. The quantitative estimate of drug-likeness (QED) is 0.845. The minimum atomic E-state index is -3.66. The lowest BCUT2D eigenvalue weighted by Gasteiger charge is -2.13. The van der Waals surface area contributed by atoms with Crippen molar-refractivity contribution in [2.45, 2.75) is 24.7 Å².